The molecule has 1 fully saturated rings. The van der Waals surface area contributed by atoms with Crippen LogP contribution >= 0.6 is 36.6 Å². The summed E-state index contributed by atoms with van der Waals surface area (Å²) in [6, 6.07) is 7.28. The molecular weight excluding hydrogens is 302 g/mol. The van der Waals surface area contributed by atoms with Gasteiger partial charge in [-0.25, -0.2) is 0 Å². The van der Waals surface area contributed by atoms with E-state index < -0.39 is 12.5 Å². The van der Waals surface area contributed by atoms with Gasteiger partial charge in [-0.2, -0.15) is 0 Å². The van der Waals surface area contributed by atoms with Crippen molar-refractivity contribution in [3.63, 3.8) is 0 Å². The minimum atomic E-state index is -1.09. The number of thiocarbonyl (C=S) groups is 1. The highest BCUT2D eigenvalue weighted by Gasteiger charge is 2.33. The first-order valence-corrected chi connectivity index (χ1v) is 6.91. The van der Waals surface area contributed by atoms with Gasteiger partial charge in [0.05, 0.1) is 4.91 Å². The van der Waals surface area contributed by atoms with Gasteiger partial charge in [-0.15, -0.1) is 12.6 Å². The summed E-state index contributed by atoms with van der Waals surface area (Å²) in [6.07, 6.45) is 1.69. The molecule has 0 aromatic heterocycles. The lowest BCUT2D eigenvalue weighted by atomic mass is 10.2. The Bertz CT molecular complexity index is 580. The standard InChI is InChI=1S/C12H9NO3S3/c14-10(15)6-13-11(16)9(19-12(13)18)5-7-1-3-8(17)4-2-7/h1-5,17H,6H2,(H,14,15)/b9-5+. The van der Waals surface area contributed by atoms with E-state index in [0.29, 0.717) is 4.91 Å². The van der Waals surface area contributed by atoms with E-state index in [2.05, 4.69) is 12.6 Å². The van der Waals surface area contributed by atoms with Gasteiger partial charge in [0.1, 0.15) is 10.9 Å². The summed E-state index contributed by atoms with van der Waals surface area (Å²) in [5, 5.41) is 8.73. The molecule has 0 bridgehead atoms. The van der Waals surface area contributed by atoms with Crippen LogP contribution in [0.3, 0.4) is 0 Å². The fraction of sp³-hybridized carbons (Fsp3) is 0.0833. The van der Waals surface area contributed by atoms with Crippen LogP contribution < -0.4 is 0 Å². The van der Waals surface area contributed by atoms with E-state index >= 15 is 0 Å². The summed E-state index contributed by atoms with van der Waals surface area (Å²) in [5.41, 5.74) is 0.841. The number of aliphatic carboxylic acids is 1. The van der Waals surface area contributed by atoms with E-state index in [9.17, 15) is 9.59 Å². The van der Waals surface area contributed by atoms with E-state index in [-0.39, 0.29) is 10.2 Å². The molecule has 0 radical (unpaired) electrons. The molecule has 1 saturated heterocycles. The van der Waals surface area contributed by atoms with Crippen LogP contribution in [0.5, 0.6) is 0 Å². The zero-order valence-electron chi connectivity index (χ0n) is 9.57. The molecule has 1 aromatic rings. The van der Waals surface area contributed by atoms with E-state index in [4.69, 9.17) is 17.3 Å². The fourth-order valence-corrected chi connectivity index (χ4v) is 2.90. The number of thiol groups is 1. The zero-order chi connectivity index (χ0) is 14.0. The van der Waals surface area contributed by atoms with Gasteiger partial charge >= 0.3 is 5.97 Å². The Balaban J connectivity index is 2.23. The summed E-state index contributed by atoms with van der Waals surface area (Å²) in [6.45, 7) is -0.405. The van der Waals surface area contributed by atoms with Gasteiger partial charge in [0.2, 0.25) is 0 Å². The first-order valence-electron chi connectivity index (χ1n) is 5.23. The van der Waals surface area contributed by atoms with Crippen molar-refractivity contribution >= 4 is 58.9 Å². The summed E-state index contributed by atoms with van der Waals surface area (Å²) < 4.78 is 0.268. The molecule has 1 aromatic carbocycles. The lowest BCUT2D eigenvalue weighted by Crippen LogP contribution is -2.33. The molecule has 4 nitrogen and oxygen atoms in total. The quantitative estimate of drug-likeness (QED) is 0.509. The predicted octanol–water partition coefficient (Wildman–Crippen LogP) is 2.26. The van der Waals surface area contributed by atoms with E-state index in [0.717, 1.165) is 27.1 Å². The first kappa shape index (κ1) is 14.1. The molecule has 1 amide bonds. The molecule has 0 saturated carbocycles. The first-order chi connectivity index (χ1) is 8.97. The molecule has 2 rings (SSSR count). The topological polar surface area (TPSA) is 57.6 Å². The Kier molecular flexibility index (Phi) is 4.28. The third-order valence-electron chi connectivity index (χ3n) is 2.36. The Morgan fingerprint density at radius 3 is 2.63 bits per heavy atom. The average Bonchev–Trinajstić information content (AvgIpc) is 2.60. The zero-order valence-corrected chi connectivity index (χ0v) is 12.1. The second-order valence-electron chi connectivity index (χ2n) is 3.75. The maximum absolute atomic E-state index is 12.0. The molecule has 1 heterocycles. The van der Waals surface area contributed by atoms with Gasteiger partial charge in [-0.1, -0.05) is 36.1 Å². The lowest BCUT2D eigenvalue weighted by Gasteiger charge is -2.10. The molecule has 7 heteroatoms. The van der Waals surface area contributed by atoms with Crippen LogP contribution in [0.25, 0.3) is 6.08 Å². The normalized spacial score (nSPS) is 17.3. The van der Waals surface area contributed by atoms with Crippen LogP contribution in [0.1, 0.15) is 5.56 Å². The van der Waals surface area contributed by atoms with Crippen LogP contribution in [0.2, 0.25) is 0 Å². The third kappa shape index (κ3) is 3.37. The van der Waals surface area contributed by atoms with Gasteiger partial charge in [-0.05, 0) is 23.8 Å². The van der Waals surface area contributed by atoms with Crippen LogP contribution in [0.4, 0.5) is 0 Å². The van der Waals surface area contributed by atoms with Crippen LogP contribution in [-0.4, -0.2) is 32.7 Å². The number of carboxylic acids is 1. The maximum atomic E-state index is 12.0. The number of carbonyl (C=O) groups excluding carboxylic acids is 1. The number of nitrogens with zero attached hydrogens (tertiary/aromatic N) is 1. The monoisotopic (exact) mass is 311 g/mol. The number of rotatable bonds is 3. The van der Waals surface area contributed by atoms with Crippen LogP contribution in [0.15, 0.2) is 34.1 Å². The largest absolute Gasteiger partial charge is 0.480 e. The minimum absolute atomic E-state index is 0.268. The Labute approximate surface area is 124 Å². The molecule has 0 aliphatic carbocycles. The van der Waals surface area contributed by atoms with Crippen molar-refractivity contribution in [2.24, 2.45) is 0 Å². The van der Waals surface area contributed by atoms with Crippen molar-refractivity contribution in [1.82, 2.24) is 4.90 Å². The predicted molar refractivity (Wildman–Crippen MR) is 81.2 cm³/mol. The molecule has 0 unspecified atom stereocenters. The molecule has 0 atom stereocenters. The summed E-state index contributed by atoms with van der Waals surface area (Å²) in [7, 11) is 0. The van der Waals surface area contributed by atoms with Crippen LogP contribution in [-0.2, 0) is 9.59 Å². The van der Waals surface area contributed by atoms with Gasteiger partial charge in [0.15, 0.2) is 0 Å². The van der Waals surface area contributed by atoms with E-state index in [1.807, 2.05) is 24.3 Å². The van der Waals surface area contributed by atoms with Crippen molar-refractivity contribution in [3.8, 4) is 0 Å². The van der Waals surface area contributed by atoms with Gasteiger partial charge < -0.3 is 5.11 Å². The van der Waals surface area contributed by atoms with Crippen molar-refractivity contribution in [3.05, 3.63) is 34.7 Å². The molecular formula is C12H9NO3S3. The summed E-state index contributed by atoms with van der Waals surface area (Å²) in [5.74, 6) is -1.45. The molecule has 1 aliphatic heterocycles. The van der Waals surface area contributed by atoms with E-state index in [1.54, 1.807) is 6.08 Å². The van der Waals surface area contributed by atoms with Gasteiger partial charge in [0, 0.05) is 4.90 Å². The van der Waals surface area contributed by atoms with Crippen molar-refractivity contribution in [2.45, 2.75) is 4.90 Å². The Morgan fingerprint density at radius 1 is 1.42 bits per heavy atom. The van der Waals surface area contributed by atoms with Gasteiger partial charge in [-0.3, -0.25) is 14.5 Å². The minimum Gasteiger partial charge on any atom is -0.480 e. The molecule has 1 N–H and O–H groups in total. The number of thioether (sulfide) groups is 1. The average molecular weight is 311 g/mol. The van der Waals surface area contributed by atoms with Crippen molar-refractivity contribution < 1.29 is 14.7 Å². The number of carboxylic acid groups (broad SMARTS) is 1. The van der Waals surface area contributed by atoms with Crippen LogP contribution in [0, 0.1) is 0 Å². The van der Waals surface area contributed by atoms with Crippen molar-refractivity contribution in [1.29, 1.82) is 0 Å². The Morgan fingerprint density at radius 2 is 2.05 bits per heavy atom. The number of amides is 1. The molecule has 19 heavy (non-hydrogen) atoms. The Hall–Kier alpha value is -1.31. The molecule has 1 aliphatic rings. The smallest absolute Gasteiger partial charge is 0.323 e. The second kappa shape index (κ2) is 5.77. The SMILES string of the molecule is O=C(O)CN1C(=O)/C(=C\c2ccc(S)cc2)SC1=S. The number of benzene rings is 1. The number of hydrogen-bond acceptors (Lipinski definition) is 5. The lowest BCUT2D eigenvalue weighted by molar-refractivity contribution is -0.140. The third-order valence-corrected chi connectivity index (χ3v) is 4.03. The van der Waals surface area contributed by atoms with E-state index in [1.165, 1.54) is 0 Å². The number of hydrogen-bond donors (Lipinski definition) is 2. The number of carbonyl (C=O) groups is 2. The summed E-state index contributed by atoms with van der Waals surface area (Å²) >= 11 is 10.3. The highest BCUT2D eigenvalue weighted by atomic mass is 32.2. The summed E-state index contributed by atoms with van der Waals surface area (Å²) in [4.78, 5) is 25.0. The fourth-order valence-electron chi connectivity index (χ4n) is 1.49. The molecule has 0 spiro atoms. The highest BCUT2D eigenvalue weighted by Crippen LogP contribution is 2.32. The molecule has 98 valence electrons. The van der Waals surface area contributed by atoms with Crippen molar-refractivity contribution in [2.75, 3.05) is 6.54 Å². The second-order valence-corrected chi connectivity index (χ2v) is 5.95. The highest BCUT2D eigenvalue weighted by molar-refractivity contribution is 8.26. The van der Waals surface area contributed by atoms with Gasteiger partial charge in [0.25, 0.3) is 5.91 Å². The maximum Gasteiger partial charge on any atom is 0.323 e.